The lowest BCUT2D eigenvalue weighted by Crippen LogP contribution is -2.07. The number of anilines is 1. The molecule has 1 aromatic heterocycles. The van der Waals surface area contributed by atoms with E-state index in [9.17, 15) is 0 Å². The summed E-state index contributed by atoms with van der Waals surface area (Å²) in [5.74, 6) is 1.22. The predicted octanol–water partition coefficient (Wildman–Crippen LogP) is 4.58. The zero-order valence-electron chi connectivity index (χ0n) is 10.1. The maximum absolute atomic E-state index is 5.96. The quantitative estimate of drug-likeness (QED) is 0.898. The molecule has 2 rings (SSSR count). The van der Waals surface area contributed by atoms with Crippen LogP contribution in [0.2, 0.25) is 10.0 Å². The van der Waals surface area contributed by atoms with Gasteiger partial charge in [0.05, 0.1) is 0 Å². The van der Waals surface area contributed by atoms with Gasteiger partial charge in [0.25, 0.3) is 0 Å². The minimum Gasteiger partial charge on any atom is -0.360 e. The van der Waals surface area contributed by atoms with E-state index in [1.54, 1.807) is 6.07 Å². The molecule has 0 fully saturated rings. The highest BCUT2D eigenvalue weighted by Gasteiger charge is 2.08. The van der Waals surface area contributed by atoms with Crippen molar-refractivity contribution in [1.82, 2.24) is 9.36 Å². The van der Waals surface area contributed by atoms with Crippen LogP contribution in [0.5, 0.6) is 0 Å². The van der Waals surface area contributed by atoms with Crippen LogP contribution >= 0.6 is 34.7 Å². The highest BCUT2D eigenvalue weighted by atomic mass is 35.5. The van der Waals surface area contributed by atoms with Crippen LogP contribution in [0.4, 0.5) is 5.13 Å². The summed E-state index contributed by atoms with van der Waals surface area (Å²) >= 11 is 13.3. The van der Waals surface area contributed by atoms with E-state index < -0.39 is 0 Å². The number of rotatable bonds is 4. The Morgan fingerprint density at radius 2 is 1.89 bits per heavy atom. The van der Waals surface area contributed by atoms with E-state index in [0.717, 1.165) is 17.2 Å². The maximum atomic E-state index is 5.96. The molecule has 0 saturated carbocycles. The molecule has 6 heteroatoms. The molecule has 0 aliphatic heterocycles. The molecule has 1 aromatic carbocycles. The summed E-state index contributed by atoms with van der Waals surface area (Å²) in [7, 11) is 0. The van der Waals surface area contributed by atoms with Gasteiger partial charge in [0, 0.05) is 33.7 Å². The molecule has 18 heavy (non-hydrogen) atoms. The molecule has 2 aromatic rings. The van der Waals surface area contributed by atoms with Gasteiger partial charge in [0.2, 0.25) is 5.13 Å². The fourth-order valence-electron chi connectivity index (χ4n) is 1.39. The summed E-state index contributed by atoms with van der Waals surface area (Å²) < 4.78 is 4.30. The minimum absolute atomic E-state index is 0.568. The molecule has 0 saturated heterocycles. The fourth-order valence-corrected chi connectivity index (χ4v) is 2.51. The monoisotopic (exact) mass is 301 g/mol. The van der Waals surface area contributed by atoms with E-state index in [-0.39, 0.29) is 0 Å². The molecule has 0 atom stereocenters. The first-order valence-electron chi connectivity index (χ1n) is 5.58. The van der Waals surface area contributed by atoms with Gasteiger partial charge in [0.1, 0.15) is 0 Å². The summed E-state index contributed by atoms with van der Waals surface area (Å²) in [4.78, 5) is 4.41. The summed E-state index contributed by atoms with van der Waals surface area (Å²) in [6.45, 7) is 5.17. The third-order valence-corrected chi connectivity index (χ3v) is 3.32. The number of aromatic nitrogens is 2. The van der Waals surface area contributed by atoms with E-state index in [4.69, 9.17) is 23.2 Å². The van der Waals surface area contributed by atoms with Gasteiger partial charge in [-0.3, -0.25) is 0 Å². The van der Waals surface area contributed by atoms with Gasteiger partial charge in [-0.1, -0.05) is 37.0 Å². The second-order valence-corrected chi connectivity index (χ2v) is 5.98. The molecular weight excluding hydrogens is 289 g/mol. The van der Waals surface area contributed by atoms with Crippen LogP contribution in [0.3, 0.4) is 0 Å². The molecule has 0 bridgehead atoms. The second kappa shape index (κ2) is 5.87. The highest BCUT2D eigenvalue weighted by molar-refractivity contribution is 7.09. The van der Waals surface area contributed by atoms with Crippen LogP contribution in [0.1, 0.15) is 13.8 Å². The lowest BCUT2D eigenvalue weighted by Gasteiger charge is -2.03. The number of benzene rings is 1. The normalized spacial score (nSPS) is 10.9. The van der Waals surface area contributed by atoms with E-state index in [2.05, 4.69) is 28.5 Å². The van der Waals surface area contributed by atoms with Crippen LogP contribution in [0.15, 0.2) is 18.2 Å². The van der Waals surface area contributed by atoms with Crippen molar-refractivity contribution >= 4 is 39.9 Å². The maximum Gasteiger partial charge on any atom is 0.202 e. The second-order valence-electron chi connectivity index (χ2n) is 4.36. The van der Waals surface area contributed by atoms with Gasteiger partial charge in [-0.2, -0.15) is 9.36 Å². The lowest BCUT2D eigenvalue weighted by molar-refractivity contribution is 0.688. The Hall–Kier alpha value is -0.840. The van der Waals surface area contributed by atoms with E-state index in [1.165, 1.54) is 11.5 Å². The zero-order chi connectivity index (χ0) is 13.1. The predicted molar refractivity (Wildman–Crippen MR) is 78.7 cm³/mol. The molecule has 0 radical (unpaired) electrons. The van der Waals surface area contributed by atoms with Crippen LogP contribution in [-0.4, -0.2) is 15.9 Å². The Kier molecular flexibility index (Phi) is 4.43. The Morgan fingerprint density at radius 1 is 1.22 bits per heavy atom. The van der Waals surface area contributed by atoms with Crippen molar-refractivity contribution < 1.29 is 0 Å². The Morgan fingerprint density at radius 3 is 2.50 bits per heavy atom. The number of nitrogens with one attached hydrogen (secondary N) is 1. The summed E-state index contributed by atoms with van der Waals surface area (Å²) in [6.07, 6.45) is 0. The largest absolute Gasteiger partial charge is 0.360 e. The van der Waals surface area contributed by atoms with Crippen molar-refractivity contribution in [1.29, 1.82) is 0 Å². The Labute approximate surface area is 120 Å². The number of hydrogen-bond acceptors (Lipinski definition) is 4. The first kappa shape index (κ1) is 13.6. The third-order valence-electron chi connectivity index (χ3n) is 2.21. The van der Waals surface area contributed by atoms with Gasteiger partial charge in [-0.05, 0) is 24.1 Å². The molecular formula is C12H13Cl2N3S. The van der Waals surface area contributed by atoms with Crippen molar-refractivity contribution in [3.8, 4) is 11.4 Å². The molecule has 96 valence electrons. The van der Waals surface area contributed by atoms with Crippen molar-refractivity contribution in [2.24, 2.45) is 5.92 Å². The minimum atomic E-state index is 0.568. The Bertz CT molecular complexity index is 520. The number of halogens is 2. The summed E-state index contributed by atoms with van der Waals surface area (Å²) in [5, 5.41) is 5.23. The molecule has 1 N–H and O–H groups in total. The van der Waals surface area contributed by atoms with Gasteiger partial charge in [-0.15, -0.1) is 0 Å². The first-order chi connectivity index (χ1) is 8.54. The molecule has 0 amide bonds. The van der Waals surface area contributed by atoms with Crippen LogP contribution in [-0.2, 0) is 0 Å². The molecule has 0 spiro atoms. The molecule has 3 nitrogen and oxygen atoms in total. The smallest absolute Gasteiger partial charge is 0.202 e. The fraction of sp³-hybridized carbons (Fsp3) is 0.333. The van der Waals surface area contributed by atoms with Crippen molar-refractivity contribution in [3.05, 3.63) is 28.2 Å². The van der Waals surface area contributed by atoms with Gasteiger partial charge < -0.3 is 5.32 Å². The van der Waals surface area contributed by atoms with Crippen LogP contribution in [0.25, 0.3) is 11.4 Å². The first-order valence-corrected chi connectivity index (χ1v) is 7.11. The molecule has 0 aliphatic carbocycles. The Balaban J connectivity index is 2.18. The summed E-state index contributed by atoms with van der Waals surface area (Å²) in [5.41, 5.74) is 0.835. The van der Waals surface area contributed by atoms with Crippen LogP contribution in [0, 0.1) is 5.92 Å². The van der Waals surface area contributed by atoms with Crippen molar-refractivity contribution in [2.75, 3.05) is 11.9 Å². The SMILES string of the molecule is CC(C)CNc1nc(-c2cc(Cl)cc(Cl)c2)ns1. The number of hydrogen-bond donors (Lipinski definition) is 1. The molecule has 0 unspecified atom stereocenters. The van der Waals surface area contributed by atoms with Crippen molar-refractivity contribution in [3.63, 3.8) is 0 Å². The zero-order valence-corrected chi connectivity index (χ0v) is 12.4. The molecule has 1 heterocycles. The van der Waals surface area contributed by atoms with E-state index in [0.29, 0.717) is 21.8 Å². The third kappa shape index (κ3) is 3.57. The lowest BCUT2D eigenvalue weighted by atomic mass is 10.2. The average molecular weight is 302 g/mol. The highest BCUT2D eigenvalue weighted by Crippen LogP contribution is 2.27. The van der Waals surface area contributed by atoms with Gasteiger partial charge >= 0.3 is 0 Å². The average Bonchev–Trinajstić information content (AvgIpc) is 2.73. The standard InChI is InChI=1S/C12H13Cl2N3S/c1-7(2)6-15-12-16-11(17-18-12)8-3-9(13)5-10(14)4-8/h3-5,7H,6H2,1-2H3,(H,15,16,17). The van der Waals surface area contributed by atoms with E-state index in [1.807, 2.05) is 12.1 Å². The van der Waals surface area contributed by atoms with E-state index >= 15 is 0 Å². The van der Waals surface area contributed by atoms with Crippen LogP contribution < -0.4 is 5.32 Å². The van der Waals surface area contributed by atoms with Crippen molar-refractivity contribution in [2.45, 2.75) is 13.8 Å². The molecule has 0 aliphatic rings. The number of nitrogens with zero attached hydrogens (tertiary/aromatic N) is 2. The topological polar surface area (TPSA) is 37.8 Å². The summed E-state index contributed by atoms with van der Waals surface area (Å²) in [6, 6.07) is 5.31. The van der Waals surface area contributed by atoms with Gasteiger partial charge in [-0.25, -0.2) is 0 Å². The van der Waals surface area contributed by atoms with Gasteiger partial charge in [0.15, 0.2) is 5.82 Å².